The lowest BCUT2D eigenvalue weighted by Gasteiger charge is -2.33. The minimum Gasteiger partial charge on any atom is -0.479 e. The van der Waals surface area contributed by atoms with Crippen LogP contribution in [0, 0.1) is 0 Å². The number of halogens is 1. The molecule has 0 spiro atoms. The lowest BCUT2D eigenvalue weighted by atomic mass is 9.94. The summed E-state index contributed by atoms with van der Waals surface area (Å²) >= 11 is 5.89. The molecule has 1 N–H and O–H groups in total. The molecule has 0 radical (unpaired) electrons. The van der Waals surface area contributed by atoms with Gasteiger partial charge < -0.3 is 14.7 Å². The van der Waals surface area contributed by atoms with Gasteiger partial charge in [-0.2, -0.15) is 0 Å². The van der Waals surface area contributed by atoms with E-state index in [1.807, 2.05) is 12.1 Å². The van der Waals surface area contributed by atoms with Gasteiger partial charge in [-0.1, -0.05) is 23.7 Å². The summed E-state index contributed by atoms with van der Waals surface area (Å²) in [4.78, 5) is 25.4. The van der Waals surface area contributed by atoms with Crippen molar-refractivity contribution in [1.82, 2.24) is 4.90 Å². The molecule has 112 valence electrons. The molecule has 6 heteroatoms. The third-order valence-corrected chi connectivity index (χ3v) is 4.44. The number of hydrogen-bond acceptors (Lipinski definition) is 3. The number of carboxylic acids is 1. The van der Waals surface area contributed by atoms with Crippen molar-refractivity contribution >= 4 is 23.5 Å². The van der Waals surface area contributed by atoms with Crippen LogP contribution in [0.3, 0.4) is 0 Å². The van der Waals surface area contributed by atoms with Crippen LogP contribution in [0.25, 0.3) is 0 Å². The van der Waals surface area contributed by atoms with E-state index in [9.17, 15) is 9.59 Å². The molecule has 2 aliphatic rings. The number of carboxylic acid groups (broad SMARTS) is 1. The highest BCUT2D eigenvalue weighted by atomic mass is 35.5. The van der Waals surface area contributed by atoms with Crippen LogP contribution < -0.4 is 0 Å². The first-order valence-electron chi connectivity index (χ1n) is 6.93. The zero-order valence-electron chi connectivity index (χ0n) is 11.4. The van der Waals surface area contributed by atoms with E-state index in [0.29, 0.717) is 11.6 Å². The summed E-state index contributed by atoms with van der Waals surface area (Å²) in [5.74, 6) is -1.02. The van der Waals surface area contributed by atoms with Gasteiger partial charge >= 0.3 is 5.97 Å². The first-order valence-corrected chi connectivity index (χ1v) is 7.30. The summed E-state index contributed by atoms with van der Waals surface area (Å²) in [6.07, 6.45) is 0.661. The molecular formula is C15H16ClNO4. The van der Waals surface area contributed by atoms with E-state index < -0.39 is 17.5 Å². The predicted octanol–water partition coefficient (Wildman–Crippen LogP) is 1.68. The number of hydrogen-bond donors (Lipinski definition) is 1. The molecule has 21 heavy (non-hydrogen) atoms. The molecule has 1 atom stereocenters. The Bertz CT molecular complexity index is 568. The Hall–Kier alpha value is -1.59. The van der Waals surface area contributed by atoms with E-state index in [-0.39, 0.29) is 19.1 Å². The van der Waals surface area contributed by atoms with Gasteiger partial charge in [-0.25, -0.2) is 4.79 Å². The van der Waals surface area contributed by atoms with Crippen LogP contribution in [0.4, 0.5) is 0 Å². The number of carbonyl (C=O) groups excluding carboxylic acids is 1. The van der Waals surface area contributed by atoms with Gasteiger partial charge in [0.25, 0.3) is 0 Å². The zero-order valence-corrected chi connectivity index (χ0v) is 12.2. The average molecular weight is 310 g/mol. The third kappa shape index (κ3) is 2.63. The number of rotatable bonds is 3. The van der Waals surface area contributed by atoms with Crippen LogP contribution in [0.5, 0.6) is 0 Å². The van der Waals surface area contributed by atoms with Gasteiger partial charge in [0.15, 0.2) is 6.10 Å². The molecule has 1 aromatic carbocycles. The van der Waals surface area contributed by atoms with Gasteiger partial charge in [0.2, 0.25) is 5.91 Å². The SMILES string of the molecule is O=C(O)[C@@H]1CN(C(=O)C2(c3ccc(Cl)cc3)CC2)CCO1. The molecule has 1 saturated heterocycles. The summed E-state index contributed by atoms with van der Waals surface area (Å²) in [6.45, 7) is 0.820. The second-order valence-electron chi connectivity index (χ2n) is 5.54. The Labute approximate surface area is 127 Å². The fourth-order valence-electron chi connectivity index (χ4n) is 2.81. The monoisotopic (exact) mass is 309 g/mol. The van der Waals surface area contributed by atoms with Gasteiger partial charge in [-0.3, -0.25) is 4.79 Å². The quantitative estimate of drug-likeness (QED) is 0.922. The number of benzene rings is 1. The van der Waals surface area contributed by atoms with E-state index in [4.69, 9.17) is 21.4 Å². The van der Waals surface area contributed by atoms with E-state index in [1.54, 1.807) is 17.0 Å². The first kappa shape index (κ1) is 14.4. The number of amides is 1. The number of morpholine rings is 1. The fourth-order valence-corrected chi connectivity index (χ4v) is 2.93. The minimum absolute atomic E-state index is 0.000581. The Morgan fingerprint density at radius 2 is 1.95 bits per heavy atom. The lowest BCUT2D eigenvalue weighted by Crippen LogP contribution is -2.51. The topological polar surface area (TPSA) is 66.8 Å². The smallest absolute Gasteiger partial charge is 0.334 e. The summed E-state index contributed by atoms with van der Waals surface area (Å²) in [5, 5.41) is 9.66. The van der Waals surface area contributed by atoms with Crippen molar-refractivity contribution in [3.8, 4) is 0 Å². The average Bonchev–Trinajstić information content (AvgIpc) is 3.29. The predicted molar refractivity (Wildman–Crippen MR) is 76.3 cm³/mol. The molecular weight excluding hydrogens is 294 g/mol. The first-order chi connectivity index (χ1) is 10.0. The summed E-state index contributed by atoms with van der Waals surface area (Å²) in [7, 11) is 0. The molecule has 1 amide bonds. The lowest BCUT2D eigenvalue weighted by molar-refractivity contribution is -0.160. The molecule has 0 bridgehead atoms. The molecule has 1 heterocycles. The molecule has 0 unspecified atom stereocenters. The van der Waals surface area contributed by atoms with Crippen molar-refractivity contribution in [2.45, 2.75) is 24.4 Å². The Kier molecular flexibility index (Phi) is 3.63. The van der Waals surface area contributed by atoms with Gasteiger partial charge in [-0.15, -0.1) is 0 Å². The van der Waals surface area contributed by atoms with E-state index >= 15 is 0 Å². The van der Waals surface area contributed by atoms with Gasteiger partial charge in [0.05, 0.1) is 18.6 Å². The zero-order chi connectivity index (χ0) is 15.0. The fraction of sp³-hybridized carbons (Fsp3) is 0.467. The van der Waals surface area contributed by atoms with Gasteiger partial charge in [0, 0.05) is 11.6 Å². The third-order valence-electron chi connectivity index (χ3n) is 4.19. The summed E-state index contributed by atoms with van der Waals surface area (Å²) in [6, 6.07) is 7.32. The van der Waals surface area contributed by atoms with E-state index in [2.05, 4.69) is 0 Å². The minimum atomic E-state index is -1.02. The highest BCUT2D eigenvalue weighted by Gasteiger charge is 2.53. The van der Waals surface area contributed by atoms with Crippen molar-refractivity contribution in [3.63, 3.8) is 0 Å². The van der Waals surface area contributed by atoms with Crippen LogP contribution in [0.1, 0.15) is 18.4 Å². The van der Waals surface area contributed by atoms with Crippen LogP contribution in [0.2, 0.25) is 5.02 Å². The maximum absolute atomic E-state index is 12.8. The van der Waals surface area contributed by atoms with Crippen LogP contribution in [0.15, 0.2) is 24.3 Å². The summed E-state index contributed by atoms with van der Waals surface area (Å²) in [5.41, 5.74) is 0.459. The van der Waals surface area contributed by atoms with Gasteiger partial charge in [0.1, 0.15) is 0 Å². The number of carbonyl (C=O) groups is 2. The largest absolute Gasteiger partial charge is 0.479 e. The second-order valence-corrected chi connectivity index (χ2v) is 5.97. The highest BCUT2D eigenvalue weighted by molar-refractivity contribution is 6.30. The van der Waals surface area contributed by atoms with Crippen molar-refractivity contribution < 1.29 is 19.4 Å². The number of nitrogens with zero attached hydrogens (tertiary/aromatic N) is 1. The molecule has 2 fully saturated rings. The second kappa shape index (κ2) is 5.31. The van der Waals surface area contributed by atoms with Crippen molar-refractivity contribution in [3.05, 3.63) is 34.9 Å². The standard InChI is InChI=1S/C15H16ClNO4/c16-11-3-1-10(2-4-11)15(5-6-15)14(20)17-7-8-21-12(9-17)13(18)19/h1-4,12H,5-9H2,(H,18,19)/t12-/m0/s1. The molecule has 5 nitrogen and oxygen atoms in total. The molecule has 1 aliphatic carbocycles. The van der Waals surface area contributed by atoms with Gasteiger partial charge in [-0.05, 0) is 30.5 Å². The highest BCUT2D eigenvalue weighted by Crippen LogP contribution is 2.49. The normalized spacial score (nSPS) is 23.7. The molecule has 0 aromatic heterocycles. The van der Waals surface area contributed by atoms with Crippen molar-refractivity contribution in [2.24, 2.45) is 0 Å². The summed E-state index contributed by atoms with van der Waals surface area (Å²) < 4.78 is 5.16. The van der Waals surface area contributed by atoms with Crippen molar-refractivity contribution in [1.29, 1.82) is 0 Å². The molecule has 1 saturated carbocycles. The maximum atomic E-state index is 12.8. The maximum Gasteiger partial charge on any atom is 0.334 e. The van der Waals surface area contributed by atoms with E-state index in [1.165, 1.54) is 0 Å². The van der Waals surface area contributed by atoms with E-state index in [0.717, 1.165) is 18.4 Å². The number of ether oxygens (including phenoxy) is 1. The van der Waals surface area contributed by atoms with Crippen LogP contribution >= 0.6 is 11.6 Å². The Morgan fingerprint density at radius 3 is 2.52 bits per heavy atom. The van der Waals surface area contributed by atoms with Crippen LogP contribution in [-0.2, 0) is 19.7 Å². The van der Waals surface area contributed by atoms with Crippen molar-refractivity contribution in [2.75, 3.05) is 19.7 Å². The molecule has 3 rings (SSSR count). The number of aliphatic carboxylic acids is 1. The Morgan fingerprint density at radius 1 is 1.29 bits per heavy atom. The molecule has 1 aromatic rings. The van der Waals surface area contributed by atoms with Crippen LogP contribution in [-0.4, -0.2) is 47.7 Å². The molecule has 1 aliphatic heterocycles. The Balaban J connectivity index is 1.78.